The van der Waals surface area contributed by atoms with Crippen molar-refractivity contribution < 1.29 is 9.59 Å². The molecule has 0 aliphatic heterocycles. The topological polar surface area (TPSA) is 58.2 Å². The summed E-state index contributed by atoms with van der Waals surface area (Å²) < 4.78 is 0. The molecule has 0 bridgehead atoms. The Morgan fingerprint density at radius 1 is 1.05 bits per heavy atom. The highest BCUT2D eigenvalue weighted by Crippen LogP contribution is 2.23. The lowest BCUT2D eigenvalue weighted by Gasteiger charge is -2.06. The molecular weight excluding hydrogens is 296 g/mol. The zero-order chi connectivity index (χ0) is 15.4. The highest BCUT2D eigenvalue weighted by Gasteiger charge is 2.23. The maximum absolute atomic E-state index is 11.8. The van der Waals surface area contributed by atoms with Crippen LogP contribution in [0.1, 0.15) is 12.8 Å². The molecule has 114 valence electrons. The van der Waals surface area contributed by atoms with Gasteiger partial charge in [-0.1, -0.05) is 30.3 Å². The lowest BCUT2D eigenvalue weighted by molar-refractivity contribution is -0.124. The number of hydrogen-bond acceptors (Lipinski definition) is 3. The second kappa shape index (κ2) is 6.83. The summed E-state index contributed by atoms with van der Waals surface area (Å²) >= 11 is 1.48. The molecule has 22 heavy (non-hydrogen) atoms. The second-order valence-corrected chi connectivity index (χ2v) is 6.46. The van der Waals surface area contributed by atoms with Crippen LogP contribution in [0.5, 0.6) is 0 Å². The summed E-state index contributed by atoms with van der Waals surface area (Å²) in [7, 11) is 0. The molecule has 2 aromatic rings. The van der Waals surface area contributed by atoms with Crippen molar-refractivity contribution >= 4 is 34.3 Å². The van der Waals surface area contributed by atoms with E-state index in [2.05, 4.69) is 34.9 Å². The van der Waals surface area contributed by atoms with Crippen molar-refractivity contribution in [2.45, 2.75) is 23.8 Å². The third-order valence-electron chi connectivity index (χ3n) is 3.48. The summed E-state index contributed by atoms with van der Waals surface area (Å²) in [6.07, 6.45) is 2.11. The summed E-state index contributed by atoms with van der Waals surface area (Å²) in [6.45, 7) is 0.0631. The summed E-state index contributed by atoms with van der Waals surface area (Å²) in [5, 5.41) is 7.85. The first-order valence-electron chi connectivity index (χ1n) is 7.38. The lowest BCUT2D eigenvalue weighted by Crippen LogP contribution is -2.38. The van der Waals surface area contributed by atoms with Gasteiger partial charge in [-0.05, 0) is 35.7 Å². The van der Waals surface area contributed by atoms with Gasteiger partial charge in [0.05, 0.1) is 12.3 Å². The van der Waals surface area contributed by atoms with Gasteiger partial charge in [-0.2, -0.15) is 0 Å². The Balaban J connectivity index is 1.45. The molecule has 0 spiro atoms. The highest BCUT2D eigenvalue weighted by atomic mass is 32.2. The number of hydrogen-bond donors (Lipinski definition) is 2. The molecule has 4 nitrogen and oxygen atoms in total. The molecule has 2 aromatic carbocycles. The Bertz CT molecular complexity index is 698. The van der Waals surface area contributed by atoms with E-state index in [0.717, 1.165) is 23.1 Å². The second-order valence-electron chi connectivity index (χ2n) is 5.42. The molecule has 3 rings (SSSR count). The summed E-state index contributed by atoms with van der Waals surface area (Å²) in [4.78, 5) is 24.3. The molecule has 0 saturated heterocycles. The van der Waals surface area contributed by atoms with Crippen LogP contribution in [0.4, 0.5) is 0 Å². The Morgan fingerprint density at radius 3 is 2.59 bits per heavy atom. The number of amides is 2. The number of benzene rings is 2. The fourth-order valence-corrected chi connectivity index (χ4v) is 2.92. The van der Waals surface area contributed by atoms with Crippen LogP contribution in [0.3, 0.4) is 0 Å². The normalized spacial score (nSPS) is 13.8. The van der Waals surface area contributed by atoms with Crippen LogP contribution in [0, 0.1) is 0 Å². The fourth-order valence-electron chi connectivity index (χ4n) is 2.14. The van der Waals surface area contributed by atoms with Gasteiger partial charge in [0.15, 0.2) is 0 Å². The van der Waals surface area contributed by atoms with Crippen molar-refractivity contribution in [3.8, 4) is 0 Å². The molecule has 2 amide bonds. The number of fused-ring (bicyclic) bond motifs is 1. The smallest absolute Gasteiger partial charge is 0.239 e. The van der Waals surface area contributed by atoms with Gasteiger partial charge < -0.3 is 10.6 Å². The number of rotatable bonds is 6. The van der Waals surface area contributed by atoms with Crippen molar-refractivity contribution in [3.05, 3.63) is 42.5 Å². The molecule has 2 N–H and O–H groups in total. The van der Waals surface area contributed by atoms with Gasteiger partial charge in [0.1, 0.15) is 0 Å². The van der Waals surface area contributed by atoms with E-state index in [-0.39, 0.29) is 18.4 Å². The summed E-state index contributed by atoms with van der Waals surface area (Å²) in [6, 6.07) is 14.6. The van der Waals surface area contributed by atoms with Crippen molar-refractivity contribution in [2.75, 3.05) is 12.3 Å². The quantitative estimate of drug-likeness (QED) is 0.805. The van der Waals surface area contributed by atoms with E-state index in [9.17, 15) is 9.59 Å². The minimum atomic E-state index is -0.121. The maximum Gasteiger partial charge on any atom is 0.239 e. The Hall–Kier alpha value is -2.01. The van der Waals surface area contributed by atoms with E-state index < -0.39 is 0 Å². The van der Waals surface area contributed by atoms with Crippen molar-refractivity contribution in [2.24, 2.45) is 0 Å². The van der Waals surface area contributed by atoms with Gasteiger partial charge in [-0.3, -0.25) is 9.59 Å². The monoisotopic (exact) mass is 314 g/mol. The van der Waals surface area contributed by atoms with Crippen molar-refractivity contribution in [1.29, 1.82) is 0 Å². The number of carbonyl (C=O) groups excluding carboxylic acids is 2. The van der Waals surface area contributed by atoms with Gasteiger partial charge in [0, 0.05) is 10.9 Å². The third-order valence-corrected chi connectivity index (χ3v) is 4.47. The SMILES string of the molecule is O=C(CSc1ccc2ccccc2c1)NCC(=O)NC1CC1. The third kappa shape index (κ3) is 4.24. The zero-order valence-electron chi connectivity index (χ0n) is 12.2. The van der Waals surface area contributed by atoms with E-state index >= 15 is 0 Å². The zero-order valence-corrected chi connectivity index (χ0v) is 13.0. The summed E-state index contributed by atoms with van der Waals surface area (Å²) in [5.74, 6) is 0.0883. The van der Waals surface area contributed by atoms with E-state index in [4.69, 9.17) is 0 Å². The van der Waals surface area contributed by atoms with E-state index in [1.807, 2.05) is 18.2 Å². The van der Waals surface area contributed by atoms with Gasteiger partial charge >= 0.3 is 0 Å². The average molecular weight is 314 g/mol. The molecule has 1 saturated carbocycles. The van der Waals surface area contributed by atoms with Crippen LogP contribution in [0.2, 0.25) is 0 Å². The first kappa shape index (κ1) is 14.9. The standard InChI is InChI=1S/C17H18N2O2S/c20-16(19-14-6-7-14)10-18-17(21)11-22-15-8-5-12-3-1-2-4-13(12)9-15/h1-5,8-9,14H,6-7,10-11H2,(H,18,21)(H,19,20). The van der Waals surface area contributed by atoms with Crippen LogP contribution in [-0.4, -0.2) is 30.2 Å². The van der Waals surface area contributed by atoms with Crippen LogP contribution < -0.4 is 10.6 Å². The predicted molar refractivity (Wildman–Crippen MR) is 88.8 cm³/mol. The first-order chi connectivity index (χ1) is 10.7. The Kier molecular flexibility index (Phi) is 4.63. The van der Waals surface area contributed by atoms with E-state index in [1.54, 1.807) is 0 Å². The molecule has 0 radical (unpaired) electrons. The highest BCUT2D eigenvalue weighted by molar-refractivity contribution is 8.00. The molecule has 0 heterocycles. The van der Waals surface area contributed by atoms with Gasteiger partial charge in [-0.15, -0.1) is 11.8 Å². The molecule has 0 aromatic heterocycles. The Labute approximate surface area is 133 Å². The van der Waals surface area contributed by atoms with Crippen molar-refractivity contribution in [1.82, 2.24) is 10.6 Å². The van der Waals surface area contributed by atoms with Crippen molar-refractivity contribution in [3.63, 3.8) is 0 Å². The fraction of sp³-hybridized carbons (Fsp3) is 0.294. The van der Waals surface area contributed by atoms with E-state index in [0.29, 0.717) is 11.8 Å². The molecule has 0 unspecified atom stereocenters. The lowest BCUT2D eigenvalue weighted by atomic mass is 10.1. The van der Waals surface area contributed by atoms with Gasteiger partial charge in [0.25, 0.3) is 0 Å². The first-order valence-corrected chi connectivity index (χ1v) is 8.37. The maximum atomic E-state index is 11.8. The number of carbonyl (C=O) groups is 2. The Morgan fingerprint density at radius 2 is 1.82 bits per heavy atom. The molecule has 5 heteroatoms. The molecule has 1 aliphatic carbocycles. The van der Waals surface area contributed by atoms with Crippen LogP contribution in [0.25, 0.3) is 10.8 Å². The van der Waals surface area contributed by atoms with Crippen LogP contribution in [0.15, 0.2) is 47.4 Å². The average Bonchev–Trinajstić information content (AvgIpc) is 3.34. The van der Waals surface area contributed by atoms with Gasteiger partial charge in [0.2, 0.25) is 11.8 Å². The molecular formula is C17H18N2O2S. The largest absolute Gasteiger partial charge is 0.352 e. The molecule has 1 fully saturated rings. The van der Waals surface area contributed by atoms with Crippen LogP contribution >= 0.6 is 11.8 Å². The van der Waals surface area contributed by atoms with E-state index in [1.165, 1.54) is 17.1 Å². The molecule has 0 atom stereocenters. The summed E-state index contributed by atoms with van der Waals surface area (Å²) in [5.41, 5.74) is 0. The number of nitrogens with one attached hydrogen (secondary N) is 2. The van der Waals surface area contributed by atoms with Gasteiger partial charge in [-0.25, -0.2) is 0 Å². The molecule has 1 aliphatic rings. The predicted octanol–water partition coefficient (Wildman–Crippen LogP) is 2.33. The van der Waals surface area contributed by atoms with Crippen LogP contribution in [-0.2, 0) is 9.59 Å². The minimum absolute atomic E-state index is 0.0631. The minimum Gasteiger partial charge on any atom is -0.352 e. The number of thioether (sulfide) groups is 1.